The fourth-order valence-electron chi connectivity index (χ4n) is 2.00. The number of halogens is 1. The number of aromatic nitrogens is 2. The number of carbonyl (C=O) groups is 1. The monoisotopic (exact) mass is 371 g/mol. The van der Waals surface area contributed by atoms with Crippen molar-refractivity contribution in [2.45, 2.75) is 0 Å². The molecule has 0 aliphatic rings. The van der Waals surface area contributed by atoms with Crippen LogP contribution >= 0.6 is 15.9 Å². The van der Waals surface area contributed by atoms with Crippen molar-refractivity contribution in [1.82, 2.24) is 9.78 Å². The molecule has 0 radical (unpaired) electrons. The van der Waals surface area contributed by atoms with E-state index in [9.17, 15) is 4.79 Å². The molecule has 6 heteroatoms. The van der Waals surface area contributed by atoms with E-state index in [2.05, 4.69) is 26.3 Å². The molecular formula is C17H14BrN3O2. The number of ether oxygens (including phenoxy) is 1. The molecule has 3 rings (SSSR count). The third-order valence-electron chi connectivity index (χ3n) is 3.08. The highest BCUT2D eigenvalue weighted by Crippen LogP contribution is 2.15. The average molecular weight is 372 g/mol. The Kier molecular flexibility index (Phi) is 4.73. The fourth-order valence-corrected chi connectivity index (χ4v) is 2.29. The fraction of sp³-hybridized carbons (Fsp3) is 0.0588. The van der Waals surface area contributed by atoms with E-state index < -0.39 is 0 Å². The molecule has 0 aliphatic carbocycles. The summed E-state index contributed by atoms with van der Waals surface area (Å²) < 4.78 is 8.06. The van der Waals surface area contributed by atoms with E-state index >= 15 is 0 Å². The van der Waals surface area contributed by atoms with Gasteiger partial charge in [0.05, 0.1) is 16.4 Å². The normalized spacial score (nSPS) is 10.3. The van der Waals surface area contributed by atoms with Crippen LogP contribution in [0.15, 0.2) is 71.5 Å². The Morgan fingerprint density at radius 1 is 1.13 bits per heavy atom. The average Bonchev–Trinajstić information content (AvgIpc) is 3.01. The Balaban J connectivity index is 1.56. The van der Waals surface area contributed by atoms with Crippen molar-refractivity contribution in [2.24, 2.45) is 0 Å². The van der Waals surface area contributed by atoms with E-state index in [0.717, 1.165) is 10.2 Å². The molecule has 0 saturated heterocycles. The van der Waals surface area contributed by atoms with E-state index in [-0.39, 0.29) is 12.5 Å². The largest absolute Gasteiger partial charge is 0.484 e. The lowest BCUT2D eigenvalue weighted by Crippen LogP contribution is -2.20. The summed E-state index contributed by atoms with van der Waals surface area (Å²) in [7, 11) is 0. The summed E-state index contributed by atoms with van der Waals surface area (Å²) in [5, 5.41) is 7.00. The van der Waals surface area contributed by atoms with Crippen LogP contribution in [0.3, 0.4) is 0 Å². The van der Waals surface area contributed by atoms with Crippen molar-refractivity contribution < 1.29 is 9.53 Å². The summed E-state index contributed by atoms with van der Waals surface area (Å²) in [6.07, 6.45) is 3.58. The number of para-hydroxylation sites is 1. The van der Waals surface area contributed by atoms with Gasteiger partial charge in [0.25, 0.3) is 5.91 Å². The number of rotatable bonds is 5. The van der Waals surface area contributed by atoms with Crippen molar-refractivity contribution in [1.29, 1.82) is 0 Å². The van der Waals surface area contributed by atoms with Crippen LogP contribution in [-0.2, 0) is 4.79 Å². The van der Waals surface area contributed by atoms with Crippen molar-refractivity contribution in [3.63, 3.8) is 0 Å². The number of carbonyl (C=O) groups excluding carboxylic acids is 1. The first kappa shape index (κ1) is 15.3. The third-order valence-corrected chi connectivity index (χ3v) is 3.49. The number of hydrogen-bond acceptors (Lipinski definition) is 3. The van der Waals surface area contributed by atoms with Gasteiger partial charge in [-0.05, 0) is 52.3 Å². The van der Waals surface area contributed by atoms with Crippen molar-refractivity contribution in [2.75, 3.05) is 11.9 Å². The molecule has 2 aromatic carbocycles. The highest BCUT2D eigenvalue weighted by molar-refractivity contribution is 9.10. The van der Waals surface area contributed by atoms with Gasteiger partial charge in [-0.1, -0.05) is 18.2 Å². The first-order valence-corrected chi connectivity index (χ1v) is 7.78. The molecule has 0 atom stereocenters. The van der Waals surface area contributed by atoms with Crippen LogP contribution in [0.1, 0.15) is 0 Å². The summed E-state index contributed by atoms with van der Waals surface area (Å²) in [6.45, 7) is -0.0299. The topological polar surface area (TPSA) is 56.1 Å². The Hall–Kier alpha value is -2.60. The molecule has 0 fully saturated rings. The number of benzene rings is 2. The van der Waals surface area contributed by atoms with Crippen LogP contribution in [-0.4, -0.2) is 22.3 Å². The van der Waals surface area contributed by atoms with Crippen LogP contribution in [0.4, 0.5) is 5.69 Å². The summed E-state index contributed by atoms with van der Waals surface area (Å²) in [4.78, 5) is 11.9. The van der Waals surface area contributed by atoms with Gasteiger partial charge in [-0.2, -0.15) is 5.10 Å². The summed E-state index contributed by atoms with van der Waals surface area (Å²) in [5.41, 5.74) is 1.62. The second kappa shape index (κ2) is 7.11. The van der Waals surface area contributed by atoms with Gasteiger partial charge in [0.2, 0.25) is 0 Å². The van der Waals surface area contributed by atoms with Gasteiger partial charge in [0.15, 0.2) is 6.61 Å². The summed E-state index contributed by atoms with van der Waals surface area (Å²) in [6, 6.07) is 16.7. The minimum absolute atomic E-state index is 0.0299. The van der Waals surface area contributed by atoms with Crippen LogP contribution in [0, 0.1) is 0 Å². The van der Waals surface area contributed by atoms with Crippen LogP contribution < -0.4 is 10.1 Å². The lowest BCUT2D eigenvalue weighted by Gasteiger charge is -2.08. The maximum Gasteiger partial charge on any atom is 0.262 e. The molecule has 0 bridgehead atoms. The molecule has 3 aromatic rings. The van der Waals surface area contributed by atoms with Crippen LogP contribution in [0.5, 0.6) is 5.75 Å². The van der Waals surface area contributed by atoms with Crippen molar-refractivity contribution >= 4 is 27.5 Å². The van der Waals surface area contributed by atoms with Gasteiger partial charge in [0, 0.05) is 11.9 Å². The Morgan fingerprint density at radius 2 is 1.87 bits per heavy atom. The number of amides is 1. The zero-order valence-electron chi connectivity index (χ0n) is 12.1. The van der Waals surface area contributed by atoms with Gasteiger partial charge >= 0.3 is 0 Å². The Bertz CT molecular complexity index is 785. The van der Waals surface area contributed by atoms with Gasteiger partial charge < -0.3 is 10.1 Å². The lowest BCUT2D eigenvalue weighted by molar-refractivity contribution is -0.118. The molecule has 1 heterocycles. The van der Waals surface area contributed by atoms with Gasteiger partial charge in [-0.3, -0.25) is 4.79 Å². The third kappa shape index (κ3) is 4.20. The van der Waals surface area contributed by atoms with Gasteiger partial charge in [-0.25, -0.2) is 4.68 Å². The summed E-state index contributed by atoms with van der Waals surface area (Å²) >= 11 is 3.36. The Labute approximate surface area is 142 Å². The molecule has 23 heavy (non-hydrogen) atoms. The minimum Gasteiger partial charge on any atom is -0.484 e. The summed E-state index contributed by atoms with van der Waals surface area (Å²) in [5.74, 6) is 0.464. The van der Waals surface area contributed by atoms with Crippen molar-refractivity contribution in [3.8, 4) is 11.4 Å². The van der Waals surface area contributed by atoms with Crippen LogP contribution in [0.25, 0.3) is 5.69 Å². The number of anilines is 1. The lowest BCUT2D eigenvalue weighted by atomic mass is 10.3. The maximum absolute atomic E-state index is 11.9. The van der Waals surface area contributed by atoms with Crippen molar-refractivity contribution in [3.05, 3.63) is 71.5 Å². The van der Waals surface area contributed by atoms with E-state index in [1.54, 1.807) is 10.9 Å². The minimum atomic E-state index is -0.205. The van der Waals surface area contributed by atoms with E-state index in [0.29, 0.717) is 11.4 Å². The molecule has 116 valence electrons. The molecule has 0 unspecified atom stereocenters. The van der Waals surface area contributed by atoms with Gasteiger partial charge in [0.1, 0.15) is 5.75 Å². The second-order valence-electron chi connectivity index (χ2n) is 4.80. The molecule has 0 saturated carbocycles. The zero-order valence-corrected chi connectivity index (χ0v) is 13.7. The zero-order chi connectivity index (χ0) is 16.1. The SMILES string of the molecule is O=C(COc1ccccc1)Nc1ccc(-n2cc(Br)cn2)cc1. The molecule has 0 spiro atoms. The highest BCUT2D eigenvalue weighted by atomic mass is 79.9. The standard InChI is InChI=1S/C17H14BrN3O2/c18-13-10-19-21(11-13)15-8-6-14(7-9-15)20-17(22)12-23-16-4-2-1-3-5-16/h1-11H,12H2,(H,20,22). The molecule has 1 aromatic heterocycles. The quantitative estimate of drug-likeness (QED) is 0.744. The number of nitrogens with zero attached hydrogens (tertiary/aromatic N) is 2. The smallest absolute Gasteiger partial charge is 0.262 e. The first-order valence-electron chi connectivity index (χ1n) is 6.99. The predicted molar refractivity (Wildman–Crippen MR) is 91.8 cm³/mol. The van der Waals surface area contributed by atoms with E-state index in [4.69, 9.17) is 4.74 Å². The second-order valence-corrected chi connectivity index (χ2v) is 5.72. The molecule has 1 amide bonds. The molecule has 0 aliphatic heterocycles. The number of hydrogen-bond donors (Lipinski definition) is 1. The molecule has 1 N–H and O–H groups in total. The maximum atomic E-state index is 11.9. The predicted octanol–water partition coefficient (Wildman–Crippen LogP) is 3.65. The highest BCUT2D eigenvalue weighted by Gasteiger charge is 2.04. The molecule has 5 nitrogen and oxygen atoms in total. The van der Waals surface area contributed by atoms with E-state index in [1.165, 1.54) is 0 Å². The Morgan fingerprint density at radius 3 is 2.52 bits per heavy atom. The first-order chi connectivity index (χ1) is 11.2. The van der Waals surface area contributed by atoms with E-state index in [1.807, 2.05) is 60.8 Å². The molecular weight excluding hydrogens is 358 g/mol. The van der Waals surface area contributed by atoms with Crippen LogP contribution in [0.2, 0.25) is 0 Å². The van der Waals surface area contributed by atoms with Gasteiger partial charge in [-0.15, -0.1) is 0 Å². The number of nitrogens with one attached hydrogen (secondary N) is 1.